The maximum Gasteiger partial charge on any atom is -0.00474 e. The fourth-order valence-electron chi connectivity index (χ4n) is 7.80. The Labute approximate surface area is 181 Å². The molecule has 0 spiro atoms. The molecule has 0 N–H and O–H groups in total. The normalized spacial score (nSPS) is 44.0. The van der Waals surface area contributed by atoms with E-state index < -0.39 is 0 Å². The quantitative estimate of drug-likeness (QED) is 0.419. The summed E-state index contributed by atoms with van der Waals surface area (Å²) >= 11 is 0. The van der Waals surface area contributed by atoms with Crippen LogP contribution < -0.4 is 0 Å². The largest absolute Gasteiger partial charge is 0.0852 e. The van der Waals surface area contributed by atoms with Gasteiger partial charge in [0.2, 0.25) is 0 Å². The van der Waals surface area contributed by atoms with Crippen LogP contribution in [0.25, 0.3) is 0 Å². The van der Waals surface area contributed by atoms with Gasteiger partial charge in [0.05, 0.1) is 0 Å². The maximum absolute atomic E-state index is 2.66. The molecule has 0 aromatic heterocycles. The van der Waals surface area contributed by atoms with Crippen LogP contribution in [0.4, 0.5) is 0 Å². The summed E-state index contributed by atoms with van der Waals surface area (Å²) in [4.78, 5) is 0. The number of fused-ring (bicyclic) bond motifs is 5. The third-order valence-electron chi connectivity index (χ3n) is 10.3. The molecule has 8 unspecified atom stereocenters. The first-order valence-corrected chi connectivity index (χ1v) is 12.8. The molecule has 0 radical (unpaired) electrons. The zero-order valence-electron chi connectivity index (χ0n) is 20.3. The van der Waals surface area contributed by atoms with Crippen molar-refractivity contribution in [1.82, 2.24) is 0 Å². The lowest BCUT2D eigenvalue weighted by atomic mass is 9.49. The summed E-state index contributed by atoms with van der Waals surface area (Å²) in [5.41, 5.74) is 4.61. The molecule has 0 aliphatic heterocycles. The van der Waals surface area contributed by atoms with Gasteiger partial charge in [0.1, 0.15) is 0 Å². The van der Waals surface area contributed by atoms with Gasteiger partial charge in [-0.05, 0) is 97.2 Å². The molecule has 0 saturated heterocycles. The minimum Gasteiger partial charge on any atom is -0.0852 e. The van der Waals surface area contributed by atoms with E-state index in [4.69, 9.17) is 0 Å². The summed E-state index contributed by atoms with van der Waals surface area (Å²) in [5.74, 6) is 5.55. The van der Waals surface area contributed by atoms with E-state index >= 15 is 0 Å². The maximum atomic E-state index is 2.66. The summed E-state index contributed by atoms with van der Waals surface area (Å²) in [6.07, 6.45) is 20.2. The lowest BCUT2D eigenvalue weighted by molar-refractivity contribution is 0.0539. The summed E-state index contributed by atoms with van der Waals surface area (Å²) in [5, 5.41) is 0. The zero-order valence-corrected chi connectivity index (χ0v) is 20.3. The smallest absolute Gasteiger partial charge is 0.00474 e. The highest BCUT2D eigenvalue weighted by Gasteiger charge is 2.56. The van der Waals surface area contributed by atoms with Crippen LogP contribution in [0.3, 0.4) is 0 Å². The van der Waals surface area contributed by atoms with E-state index in [-0.39, 0.29) is 0 Å². The molecule has 0 nitrogen and oxygen atoms in total. The van der Waals surface area contributed by atoms with Crippen molar-refractivity contribution in [3.8, 4) is 0 Å². The monoisotopic (exact) mass is 394 g/mol. The lowest BCUT2D eigenvalue weighted by Crippen LogP contribution is -2.45. The Hall–Kier alpha value is -0.780. The van der Waals surface area contributed by atoms with Gasteiger partial charge < -0.3 is 0 Å². The van der Waals surface area contributed by atoms with Crippen LogP contribution in [0.1, 0.15) is 93.4 Å². The molecular weight excluding hydrogens is 348 g/mol. The number of rotatable bonds is 4. The van der Waals surface area contributed by atoms with Crippen molar-refractivity contribution in [1.29, 1.82) is 0 Å². The van der Waals surface area contributed by atoms with Crippen LogP contribution >= 0.6 is 0 Å². The van der Waals surface area contributed by atoms with Crippen molar-refractivity contribution in [3.63, 3.8) is 0 Å². The van der Waals surface area contributed by atoms with Crippen LogP contribution in [0, 0.1) is 52.3 Å². The fraction of sp³-hybridized carbons (Fsp3) is 0.793. The standard InChI is InChI=1S/C29H46/c1-19(2)21(4)8-9-22(5)25-12-13-26-24-11-10-23-18-20(3)14-16-28(23,6)27(24)15-17-29(25,26)7/h8-11,19-22,25-27H,12-18H2,1-7H3/b9-8+. The van der Waals surface area contributed by atoms with Gasteiger partial charge in [0, 0.05) is 0 Å². The summed E-state index contributed by atoms with van der Waals surface area (Å²) < 4.78 is 0. The van der Waals surface area contributed by atoms with Gasteiger partial charge in [-0.3, -0.25) is 0 Å². The molecule has 3 fully saturated rings. The number of hydrogen-bond acceptors (Lipinski definition) is 0. The average Bonchev–Trinajstić information content (AvgIpc) is 3.03. The first-order valence-electron chi connectivity index (χ1n) is 12.8. The SMILES string of the molecule is CC1CCC2(C)C(=CC=C3C2CCC2(C)C3CCC2C(C)/C=C/C(C)C(C)C)C1. The van der Waals surface area contributed by atoms with E-state index in [1.54, 1.807) is 5.57 Å². The summed E-state index contributed by atoms with van der Waals surface area (Å²) in [6.45, 7) is 17.3. The van der Waals surface area contributed by atoms with Crippen LogP contribution in [-0.2, 0) is 0 Å². The number of hydrogen-bond donors (Lipinski definition) is 0. The van der Waals surface area contributed by atoms with Gasteiger partial charge in [0.25, 0.3) is 0 Å². The first-order chi connectivity index (χ1) is 13.7. The molecule has 0 heteroatoms. The van der Waals surface area contributed by atoms with E-state index in [0.717, 1.165) is 29.6 Å². The predicted molar refractivity (Wildman–Crippen MR) is 127 cm³/mol. The van der Waals surface area contributed by atoms with E-state index in [0.29, 0.717) is 22.7 Å². The van der Waals surface area contributed by atoms with E-state index in [1.807, 2.05) is 5.57 Å². The van der Waals surface area contributed by atoms with E-state index in [1.165, 1.54) is 44.9 Å². The molecule has 4 aliphatic carbocycles. The van der Waals surface area contributed by atoms with Crippen molar-refractivity contribution in [2.45, 2.75) is 93.4 Å². The molecule has 4 aliphatic rings. The molecule has 4 rings (SSSR count). The molecular formula is C29H46. The lowest BCUT2D eigenvalue weighted by Gasteiger charge is -2.55. The highest BCUT2D eigenvalue weighted by molar-refractivity contribution is 5.38. The Kier molecular flexibility index (Phi) is 5.71. The topological polar surface area (TPSA) is 0 Å². The van der Waals surface area contributed by atoms with Crippen LogP contribution in [0.2, 0.25) is 0 Å². The second-order valence-electron chi connectivity index (χ2n) is 12.3. The van der Waals surface area contributed by atoms with Crippen molar-refractivity contribution in [2.75, 3.05) is 0 Å². The van der Waals surface area contributed by atoms with Gasteiger partial charge >= 0.3 is 0 Å². The molecule has 0 aromatic carbocycles. The molecule has 162 valence electrons. The molecule has 3 saturated carbocycles. The summed E-state index contributed by atoms with van der Waals surface area (Å²) in [6, 6.07) is 0. The van der Waals surface area contributed by atoms with Crippen molar-refractivity contribution in [2.24, 2.45) is 52.3 Å². The molecule has 0 amide bonds. The fourth-order valence-corrected chi connectivity index (χ4v) is 7.80. The van der Waals surface area contributed by atoms with Gasteiger partial charge in [-0.2, -0.15) is 0 Å². The van der Waals surface area contributed by atoms with Gasteiger partial charge in [-0.25, -0.2) is 0 Å². The second kappa shape index (κ2) is 7.72. The zero-order chi connectivity index (χ0) is 21.0. The number of allylic oxidation sites excluding steroid dienone is 6. The van der Waals surface area contributed by atoms with Gasteiger partial charge in [-0.15, -0.1) is 0 Å². The van der Waals surface area contributed by atoms with E-state index in [2.05, 4.69) is 72.8 Å². The Morgan fingerprint density at radius 2 is 1.66 bits per heavy atom. The third kappa shape index (κ3) is 3.51. The highest BCUT2D eigenvalue weighted by atomic mass is 14.6. The minimum absolute atomic E-state index is 0.466. The summed E-state index contributed by atoms with van der Waals surface area (Å²) in [7, 11) is 0. The molecule has 0 aromatic rings. The van der Waals surface area contributed by atoms with Crippen molar-refractivity contribution < 1.29 is 0 Å². The van der Waals surface area contributed by atoms with Crippen LogP contribution in [0.15, 0.2) is 35.5 Å². The Morgan fingerprint density at radius 3 is 2.38 bits per heavy atom. The Bertz CT molecular complexity index is 706. The van der Waals surface area contributed by atoms with E-state index in [9.17, 15) is 0 Å². The molecule has 0 heterocycles. The van der Waals surface area contributed by atoms with Crippen LogP contribution in [-0.4, -0.2) is 0 Å². The van der Waals surface area contributed by atoms with Gasteiger partial charge in [-0.1, -0.05) is 83.9 Å². The molecule has 0 bridgehead atoms. The van der Waals surface area contributed by atoms with Crippen molar-refractivity contribution in [3.05, 3.63) is 35.5 Å². The highest BCUT2D eigenvalue weighted by Crippen LogP contribution is 2.66. The molecule has 29 heavy (non-hydrogen) atoms. The Morgan fingerprint density at radius 1 is 0.897 bits per heavy atom. The van der Waals surface area contributed by atoms with Crippen LogP contribution in [0.5, 0.6) is 0 Å². The predicted octanol–water partition coefficient (Wildman–Crippen LogP) is 8.61. The average molecular weight is 395 g/mol. The van der Waals surface area contributed by atoms with Gasteiger partial charge in [0.15, 0.2) is 0 Å². The third-order valence-corrected chi connectivity index (χ3v) is 10.3. The molecule has 8 atom stereocenters. The van der Waals surface area contributed by atoms with Crippen molar-refractivity contribution >= 4 is 0 Å². The Balaban J connectivity index is 1.57. The second-order valence-corrected chi connectivity index (χ2v) is 12.3. The minimum atomic E-state index is 0.466. The first kappa shape index (κ1) is 21.5.